The lowest BCUT2D eigenvalue weighted by atomic mass is 10.0. The van der Waals surface area contributed by atoms with Crippen molar-refractivity contribution in [2.75, 3.05) is 7.05 Å². The highest BCUT2D eigenvalue weighted by molar-refractivity contribution is 5.75. The normalized spacial score (nSPS) is 10.8. The van der Waals surface area contributed by atoms with Crippen LogP contribution in [0.1, 0.15) is 43.5 Å². The van der Waals surface area contributed by atoms with Crippen LogP contribution < -0.4 is 0 Å². The molecule has 0 aliphatic rings. The molecular weight excluding hydrogens is 350 g/mol. The van der Waals surface area contributed by atoms with Gasteiger partial charge in [-0.25, -0.2) is 0 Å². The number of hydrogen-bond acceptors (Lipinski definition) is 4. The number of carbonyl (C=O) groups excluding carboxylic acids is 1. The molecule has 0 N–H and O–H groups in total. The molecule has 0 aliphatic carbocycles. The Bertz CT molecular complexity index is 872. The molecule has 0 spiro atoms. The maximum Gasteiger partial charge on any atom is 0.226 e. The molecule has 146 valence electrons. The van der Waals surface area contributed by atoms with E-state index in [1.807, 2.05) is 25.2 Å². The maximum absolute atomic E-state index is 12.4. The minimum atomic E-state index is 0.125. The molecule has 0 atom stereocenters. The molecule has 1 aromatic heterocycles. The number of hydrogen-bond donors (Lipinski definition) is 0. The molecule has 5 nitrogen and oxygen atoms in total. The van der Waals surface area contributed by atoms with E-state index in [9.17, 15) is 4.79 Å². The number of aromatic nitrogens is 2. The zero-order valence-electron chi connectivity index (χ0n) is 16.6. The molecule has 0 fully saturated rings. The topological polar surface area (TPSA) is 59.2 Å². The summed E-state index contributed by atoms with van der Waals surface area (Å²) in [6, 6.07) is 18.7. The van der Waals surface area contributed by atoms with Crippen molar-refractivity contribution in [3.05, 3.63) is 71.9 Å². The fourth-order valence-corrected chi connectivity index (χ4v) is 3.09. The van der Waals surface area contributed by atoms with Crippen molar-refractivity contribution >= 4 is 5.91 Å². The summed E-state index contributed by atoms with van der Waals surface area (Å²) < 4.78 is 5.22. The Hall–Kier alpha value is -2.95. The van der Waals surface area contributed by atoms with Crippen molar-refractivity contribution < 1.29 is 9.32 Å². The van der Waals surface area contributed by atoms with Gasteiger partial charge >= 0.3 is 0 Å². The Kier molecular flexibility index (Phi) is 6.95. The largest absolute Gasteiger partial charge is 0.341 e. The van der Waals surface area contributed by atoms with E-state index in [4.69, 9.17) is 4.52 Å². The van der Waals surface area contributed by atoms with Gasteiger partial charge in [0.25, 0.3) is 0 Å². The van der Waals surface area contributed by atoms with Crippen LogP contribution in [0.5, 0.6) is 0 Å². The molecule has 0 unspecified atom stereocenters. The molecule has 0 bridgehead atoms. The molecule has 2 aromatic carbocycles. The van der Waals surface area contributed by atoms with E-state index in [2.05, 4.69) is 53.5 Å². The first kappa shape index (κ1) is 19.8. The molecule has 3 rings (SSSR count). The fraction of sp³-hybridized carbons (Fsp3) is 0.348. The van der Waals surface area contributed by atoms with Crippen LogP contribution in [0.25, 0.3) is 11.1 Å². The number of carbonyl (C=O) groups is 1. The van der Waals surface area contributed by atoms with Gasteiger partial charge in [-0.2, -0.15) is 4.98 Å². The highest BCUT2D eigenvalue weighted by Gasteiger charge is 2.11. The van der Waals surface area contributed by atoms with Crippen LogP contribution in [0.3, 0.4) is 0 Å². The summed E-state index contributed by atoms with van der Waals surface area (Å²) in [6.07, 6.45) is 3.65. The van der Waals surface area contributed by atoms with Crippen LogP contribution in [0.15, 0.2) is 59.1 Å². The Morgan fingerprint density at radius 1 is 1.00 bits per heavy atom. The number of rotatable bonds is 9. The van der Waals surface area contributed by atoms with Crippen molar-refractivity contribution in [3.8, 4) is 11.1 Å². The molecule has 3 aromatic rings. The van der Waals surface area contributed by atoms with Gasteiger partial charge in [0.1, 0.15) is 0 Å². The predicted octanol–water partition coefficient (Wildman–Crippen LogP) is 4.67. The van der Waals surface area contributed by atoms with Crippen LogP contribution in [0, 0.1) is 0 Å². The standard InChI is InChI=1S/C23H27N3O2/c1-3-8-21-24-22(28-25-21)11-7-12-23(27)26(2)17-18-13-15-20(16-14-18)19-9-5-4-6-10-19/h4-6,9-10,13-16H,3,7-8,11-12,17H2,1-2H3. The lowest BCUT2D eigenvalue weighted by molar-refractivity contribution is -0.130. The molecule has 0 saturated heterocycles. The van der Waals surface area contributed by atoms with Crippen molar-refractivity contribution in [2.24, 2.45) is 0 Å². The Morgan fingerprint density at radius 3 is 2.43 bits per heavy atom. The van der Waals surface area contributed by atoms with E-state index >= 15 is 0 Å². The van der Waals surface area contributed by atoms with Crippen LogP contribution in [-0.2, 0) is 24.2 Å². The molecular formula is C23H27N3O2. The smallest absolute Gasteiger partial charge is 0.226 e. The summed E-state index contributed by atoms with van der Waals surface area (Å²) >= 11 is 0. The van der Waals surface area contributed by atoms with E-state index in [1.165, 1.54) is 11.1 Å². The van der Waals surface area contributed by atoms with E-state index in [1.54, 1.807) is 4.90 Å². The molecule has 1 amide bonds. The second-order valence-corrected chi connectivity index (χ2v) is 7.02. The van der Waals surface area contributed by atoms with Gasteiger partial charge in [-0.05, 0) is 29.5 Å². The Balaban J connectivity index is 1.45. The van der Waals surface area contributed by atoms with Crippen molar-refractivity contribution in [3.63, 3.8) is 0 Å². The second-order valence-electron chi connectivity index (χ2n) is 7.02. The van der Waals surface area contributed by atoms with Gasteiger partial charge in [0.15, 0.2) is 5.82 Å². The SMILES string of the molecule is CCCc1noc(CCCC(=O)N(C)Cc2ccc(-c3ccccc3)cc2)n1. The van der Waals surface area contributed by atoms with Gasteiger partial charge in [0, 0.05) is 32.9 Å². The molecule has 0 aliphatic heterocycles. The average Bonchev–Trinajstić information content (AvgIpc) is 3.17. The lowest BCUT2D eigenvalue weighted by Crippen LogP contribution is -2.25. The van der Waals surface area contributed by atoms with Gasteiger partial charge in [-0.15, -0.1) is 0 Å². The lowest BCUT2D eigenvalue weighted by Gasteiger charge is -2.17. The van der Waals surface area contributed by atoms with Gasteiger partial charge in [0.2, 0.25) is 11.8 Å². The van der Waals surface area contributed by atoms with Crippen molar-refractivity contribution in [2.45, 2.75) is 45.6 Å². The highest BCUT2D eigenvalue weighted by atomic mass is 16.5. The third kappa shape index (κ3) is 5.52. The first-order valence-corrected chi connectivity index (χ1v) is 9.85. The first-order chi connectivity index (χ1) is 13.7. The van der Waals surface area contributed by atoms with Crippen LogP contribution in [0.2, 0.25) is 0 Å². The summed E-state index contributed by atoms with van der Waals surface area (Å²) in [5.74, 6) is 1.50. The summed E-state index contributed by atoms with van der Waals surface area (Å²) in [7, 11) is 1.85. The summed E-state index contributed by atoms with van der Waals surface area (Å²) in [4.78, 5) is 18.5. The van der Waals surface area contributed by atoms with E-state index in [0.29, 0.717) is 31.7 Å². The van der Waals surface area contributed by atoms with Gasteiger partial charge in [-0.1, -0.05) is 66.7 Å². The summed E-state index contributed by atoms with van der Waals surface area (Å²) in [5.41, 5.74) is 3.50. The summed E-state index contributed by atoms with van der Waals surface area (Å²) in [5, 5.41) is 3.94. The predicted molar refractivity (Wildman–Crippen MR) is 110 cm³/mol. The fourth-order valence-electron chi connectivity index (χ4n) is 3.09. The molecule has 28 heavy (non-hydrogen) atoms. The Morgan fingerprint density at radius 2 is 1.71 bits per heavy atom. The first-order valence-electron chi connectivity index (χ1n) is 9.85. The second kappa shape index (κ2) is 9.83. The third-order valence-corrected chi connectivity index (χ3v) is 4.67. The minimum Gasteiger partial charge on any atom is -0.341 e. The minimum absolute atomic E-state index is 0.125. The zero-order chi connectivity index (χ0) is 19.8. The number of amides is 1. The number of benzene rings is 2. The van der Waals surface area contributed by atoms with Crippen LogP contribution >= 0.6 is 0 Å². The Labute approximate surface area is 166 Å². The van der Waals surface area contributed by atoms with Crippen LogP contribution in [-0.4, -0.2) is 28.0 Å². The molecule has 1 heterocycles. The number of nitrogens with zero attached hydrogens (tertiary/aromatic N) is 3. The third-order valence-electron chi connectivity index (χ3n) is 4.67. The molecule has 5 heteroatoms. The van der Waals surface area contributed by atoms with Gasteiger partial charge in [-0.3, -0.25) is 4.79 Å². The van der Waals surface area contributed by atoms with E-state index < -0.39 is 0 Å². The van der Waals surface area contributed by atoms with Crippen molar-refractivity contribution in [1.29, 1.82) is 0 Å². The van der Waals surface area contributed by atoms with Gasteiger partial charge in [0.05, 0.1) is 0 Å². The molecule has 0 saturated carbocycles. The number of aryl methyl sites for hydroxylation is 2. The van der Waals surface area contributed by atoms with Crippen molar-refractivity contribution in [1.82, 2.24) is 15.0 Å². The monoisotopic (exact) mass is 377 g/mol. The van der Waals surface area contributed by atoms with Gasteiger partial charge < -0.3 is 9.42 Å². The molecule has 0 radical (unpaired) electrons. The van der Waals surface area contributed by atoms with Crippen LogP contribution in [0.4, 0.5) is 0 Å². The van der Waals surface area contributed by atoms with E-state index in [-0.39, 0.29) is 5.91 Å². The average molecular weight is 377 g/mol. The summed E-state index contributed by atoms with van der Waals surface area (Å²) in [6.45, 7) is 2.69. The van der Waals surface area contributed by atoms with E-state index in [0.717, 1.165) is 24.2 Å². The maximum atomic E-state index is 12.4. The highest BCUT2D eigenvalue weighted by Crippen LogP contribution is 2.19. The quantitative estimate of drug-likeness (QED) is 0.544. The zero-order valence-corrected chi connectivity index (χ0v) is 16.6.